The maximum Gasteiger partial charge on any atom is 0.258 e. The quantitative estimate of drug-likeness (QED) is 0.717. The van der Waals surface area contributed by atoms with Crippen LogP contribution in [0.2, 0.25) is 0 Å². The van der Waals surface area contributed by atoms with Crippen molar-refractivity contribution in [3.8, 4) is 0 Å². The summed E-state index contributed by atoms with van der Waals surface area (Å²) < 4.78 is 0. The molecule has 0 radical (unpaired) electrons. The Morgan fingerprint density at radius 2 is 2.00 bits per heavy atom. The fourth-order valence-electron chi connectivity index (χ4n) is 3.27. The van der Waals surface area contributed by atoms with Crippen LogP contribution >= 0.6 is 23.1 Å². The van der Waals surface area contributed by atoms with Crippen LogP contribution in [0.4, 0.5) is 5.13 Å². The van der Waals surface area contributed by atoms with Gasteiger partial charge >= 0.3 is 0 Å². The molecule has 1 aliphatic rings. The molecular formula is C20H25N3O2S2. The molecule has 1 aliphatic carbocycles. The molecule has 1 fully saturated rings. The lowest BCUT2D eigenvalue weighted by molar-refractivity contribution is -0.129. The molecule has 0 unspecified atom stereocenters. The van der Waals surface area contributed by atoms with Crippen molar-refractivity contribution < 1.29 is 9.59 Å². The molecule has 0 bridgehead atoms. The average molecular weight is 404 g/mol. The van der Waals surface area contributed by atoms with Gasteiger partial charge in [-0.1, -0.05) is 31.4 Å². The van der Waals surface area contributed by atoms with E-state index in [0.717, 1.165) is 23.4 Å². The number of anilines is 1. The summed E-state index contributed by atoms with van der Waals surface area (Å²) in [4.78, 5) is 32.2. The summed E-state index contributed by atoms with van der Waals surface area (Å²) >= 11 is 2.83. The number of hydrogen-bond donors (Lipinski definition) is 1. The normalized spacial score (nSPS) is 14.7. The maximum atomic E-state index is 12.6. The summed E-state index contributed by atoms with van der Waals surface area (Å²) in [5, 5.41) is 5.33. The van der Waals surface area contributed by atoms with Gasteiger partial charge < -0.3 is 4.90 Å². The highest BCUT2D eigenvalue weighted by molar-refractivity contribution is 8.00. The number of nitrogens with zero attached hydrogens (tertiary/aromatic N) is 2. The summed E-state index contributed by atoms with van der Waals surface area (Å²) in [6.07, 6.45) is 5.87. The molecule has 1 N–H and O–H groups in total. The molecule has 3 rings (SSSR count). The number of hydrogen-bond acceptors (Lipinski definition) is 5. The van der Waals surface area contributed by atoms with E-state index in [9.17, 15) is 9.59 Å². The van der Waals surface area contributed by atoms with Gasteiger partial charge in [0.2, 0.25) is 5.91 Å². The molecular weight excluding hydrogens is 378 g/mol. The predicted molar refractivity (Wildman–Crippen MR) is 112 cm³/mol. The van der Waals surface area contributed by atoms with Crippen molar-refractivity contribution in [1.82, 2.24) is 9.88 Å². The topological polar surface area (TPSA) is 62.3 Å². The fourth-order valence-corrected chi connectivity index (χ4v) is 4.93. The molecule has 5 nitrogen and oxygen atoms in total. The Kier molecular flexibility index (Phi) is 6.90. The van der Waals surface area contributed by atoms with Crippen molar-refractivity contribution in [3.63, 3.8) is 0 Å². The number of aromatic nitrogens is 1. The molecule has 0 atom stereocenters. The lowest BCUT2D eigenvalue weighted by atomic mass is 9.94. The first-order chi connectivity index (χ1) is 13.0. The summed E-state index contributed by atoms with van der Waals surface area (Å²) in [7, 11) is 1.91. The van der Waals surface area contributed by atoms with E-state index in [-0.39, 0.29) is 11.8 Å². The molecule has 0 spiro atoms. The third-order valence-electron chi connectivity index (χ3n) is 4.84. The second-order valence-corrected chi connectivity index (χ2v) is 8.70. The summed E-state index contributed by atoms with van der Waals surface area (Å²) in [6.45, 7) is 1.89. The Balaban J connectivity index is 1.61. The maximum absolute atomic E-state index is 12.6. The molecule has 2 amide bonds. The monoisotopic (exact) mass is 403 g/mol. The zero-order valence-corrected chi connectivity index (χ0v) is 17.4. The highest BCUT2D eigenvalue weighted by Crippen LogP contribution is 2.26. The van der Waals surface area contributed by atoms with Crippen LogP contribution in [0.15, 0.2) is 34.5 Å². The number of rotatable bonds is 6. The van der Waals surface area contributed by atoms with Gasteiger partial charge in [-0.05, 0) is 31.9 Å². The lowest BCUT2D eigenvalue weighted by Crippen LogP contribution is -2.39. The predicted octanol–water partition coefficient (Wildman–Crippen LogP) is 4.59. The van der Waals surface area contributed by atoms with Crippen molar-refractivity contribution in [1.29, 1.82) is 0 Å². The van der Waals surface area contributed by atoms with E-state index in [4.69, 9.17) is 0 Å². The van der Waals surface area contributed by atoms with E-state index in [2.05, 4.69) is 10.3 Å². The van der Waals surface area contributed by atoms with Crippen LogP contribution in [0, 0.1) is 6.92 Å². The van der Waals surface area contributed by atoms with Crippen molar-refractivity contribution in [2.45, 2.75) is 50.0 Å². The van der Waals surface area contributed by atoms with E-state index in [1.165, 1.54) is 42.4 Å². The minimum absolute atomic E-state index is 0.123. The van der Waals surface area contributed by atoms with Gasteiger partial charge in [0.1, 0.15) is 0 Å². The van der Waals surface area contributed by atoms with Crippen molar-refractivity contribution in [2.75, 3.05) is 18.1 Å². The van der Waals surface area contributed by atoms with Gasteiger partial charge in [-0.15, -0.1) is 23.1 Å². The molecule has 7 heteroatoms. The van der Waals surface area contributed by atoms with Gasteiger partial charge in [0, 0.05) is 23.4 Å². The Morgan fingerprint density at radius 3 is 2.70 bits per heavy atom. The van der Waals surface area contributed by atoms with E-state index >= 15 is 0 Å². The minimum atomic E-state index is -0.194. The summed E-state index contributed by atoms with van der Waals surface area (Å²) in [6, 6.07) is 7.76. The van der Waals surface area contributed by atoms with Gasteiger partial charge in [0.25, 0.3) is 5.91 Å². The highest BCUT2D eigenvalue weighted by Gasteiger charge is 2.22. The molecule has 1 aromatic heterocycles. The molecule has 1 aromatic carbocycles. The zero-order chi connectivity index (χ0) is 19.2. The smallest absolute Gasteiger partial charge is 0.258 e. The zero-order valence-electron chi connectivity index (χ0n) is 15.7. The molecule has 27 heavy (non-hydrogen) atoms. The van der Waals surface area contributed by atoms with Crippen LogP contribution in [0.25, 0.3) is 0 Å². The second-order valence-electron chi connectivity index (χ2n) is 6.83. The minimum Gasteiger partial charge on any atom is -0.342 e. The van der Waals surface area contributed by atoms with Crippen molar-refractivity contribution in [2.24, 2.45) is 0 Å². The third-order valence-corrected chi connectivity index (χ3v) is 6.77. The van der Waals surface area contributed by atoms with Crippen molar-refractivity contribution in [3.05, 3.63) is 40.9 Å². The number of nitrogens with one attached hydrogen (secondary N) is 1. The average Bonchev–Trinajstić information content (AvgIpc) is 3.11. The van der Waals surface area contributed by atoms with Crippen molar-refractivity contribution >= 4 is 40.0 Å². The number of thioether (sulfide) groups is 1. The standard InChI is InChI=1S/C20H25N3O2S2/c1-14-12-27-20(21-14)22-19(25)16-10-6-7-11-17(16)26-13-18(24)23(2)15-8-4-3-5-9-15/h6-7,10-12,15H,3-5,8-9,13H2,1-2H3,(H,21,22,25). The number of carbonyl (C=O) groups is 2. The van der Waals surface area contributed by atoms with Gasteiger partial charge in [-0.2, -0.15) is 0 Å². The lowest BCUT2D eigenvalue weighted by Gasteiger charge is -2.31. The number of benzene rings is 1. The van der Waals surface area contributed by atoms with Crippen LogP contribution in [0.3, 0.4) is 0 Å². The van der Waals surface area contributed by atoms with Gasteiger partial charge in [0.05, 0.1) is 17.0 Å². The van der Waals surface area contributed by atoms with Gasteiger partial charge in [-0.3, -0.25) is 14.9 Å². The Morgan fingerprint density at radius 1 is 1.26 bits per heavy atom. The number of aryl methyl sites for hydroxylation is 1. The first kappa shape index (κ1) is 19.9. The highest BCUT2D eigenvalue weighted by atomic mass is 32.2. The Bertz CT molecular complexity index is 800. The summed E-state index contributed by atoms with van der Waals surface area (Å²) in [5.74, 6) is 0.270. The van der Waals surface area contributed by atoms with Crippen LogP contribution in [-0.2, 0) is 4.79 Å². The molecule has 2 aromatic rings. The number of amides is 2. The number of thiazole rings is 1. The largest absolute Gasteiger partial charge is 0.342 e. The van der Waals surface area contributed by atoms with E-state index in [0.29, 0.717) is 22.5 Å². The van der Waals surface area contributed by atoms with E-state index in [1.807, 2.05) is 42.5 Å². The fraction of sp³-hybridized carbons (Fsp3) is 0.450. The Labute approximate surface area is 168 Å². The third kappa shape index (κ3) is 5.32. The van der Waals surface area contributed by atoms with E-state index in [1.54, 1.807) is 6.07 Å². The SMILES string of the molecule is Cc1csc(NC(=O)c2ccccc2SCC(=O)N(C)C2CCCCC2)n1. The first-order valence-corrected chi connectivity index (χ1v) is 11.1. The van der Waals surface area contributed by atoms with Crippen LogP contribution < -0.4 is 5.32 Å². The van der Waals surface area contributed by atoms with Crippen LogP contribution in [0.5, 0.6) is 0 Å². The first-order valence-electron chi connectivity index (χ1n) is 9.25. The molecule has 0 saturated heterocycles. The molecule has 0 aliphatic heterocycles. The van der Waals surface area contributed by atoms with Crippen LogP contribution in [0.1, 0.15) is 48.2 Å². The molecule has 1 saturated carbocycles. The van der Waals surface area contributed by atoms with Gasteiger partial charge in [-0.25, -0.2) is 4.98 Å². The van der Waals surface area contributed by atoms with E-state index < -0.39 is 0 Å². The molecule has 144 valence electrons. The molecule has 1 heterocycles. The summed E-state index contributed by atoms with van der Waals surface area (Å²) in [5.41, 5.74) is 1.46. The van der Waals surface area contributed by atoms with Gasteiger partial charge in [0.15, 0.2) is 5.13 Å². The van der Waals surface area contributed by atoms with Crippen LogP contribution in [-0.4, -0.2) is 40.5 Å². The number of carbonyl (C=O) groups excluding carboxylic acids is 2. The Hall–Kier alpha value is -1.86. The second kappa shape index (κ2) is 9.37.